The third-order valence-electron chi connectivity index (χ3n) is 1.96. The van der Waals surface area contributed by atoms with E-state index in [0.717, 1.165) is 17.0 Å². The van der Waals surface area contributed by atoms with Crippen molar-refractivity contribution in [2.24, 2.45) is 0 Å². The minimum Gasteiger partial charge on any atom is -0.398 e. The number of thiol groups is 1. The average Bonchev–Trinajstić information content (AvgIpc) is 1.99. The van der Waals surface area contributed by atoms with Crippen molar-refractivity contribution in [3.8, 4) is 0 Å². The molecule has 0 radical (unpaired) electrons. The molecular weight excluding hydrogens is 154 g/mol. The molecule has 0 aromatic heterocycles. The highest BCUT2D eigenvalue weighted by molar-refractivity contribution is 7.80. The summed E-state index contributed by atoms with van der Waals surface area (Å²) in [7, 11) is 0. The van der Waals surface area contributed by atoms with Gasteiger partial charge in [0, 0.05) is 10.6 Å². The highest BCUT2D eigenvalue weighted by Crippen LogP contribution is 2.23. The standard InChI is InChI=1S/C9H13NS/c1-3-7-6(2)9(11)5-4-8(7)10/h4-5,11H,3,10H2,1-2H3. The predicted molar refractivity (Wildman–Crippen MR) is 52.2 cm³/mol. The van der Waals surface area contributed by atoms with E-state index in [9.17, 15) is 0 Å². The molecule has 0 aliphatic rings. The Morgan fingerprint density at radius 1 is 1.45 bits per heavy atom. The van der Waals surface area contributed by atoms with Crippen LogP contribution in [0.2, 0.25) is 0 Å². The summed E-state index contributed by atoms with van der Waals surface area (Å²) in [6, 6.07) is 3.85. The largest absolute Gasteiger partial charge is 0.398 e. The topological polar surface area (TPSA) is 26.0 Å². The number of nitrogen functional groups attached to an aromatic ring is 1. The predicted octanol–water partition coefficient (Wildman–Crippen LogP) is 2.43. The minimum atomic E-state index is 0.878. The molecule has 0 bridgehead atoms. The SMILES string of the molecule is CCc1c(N)ccc(S)c1C. The van der Waals surface area contributed by atoms with Crippen LogP contribution in [-0.4, -0.2) is 0 Å². The second kappa shape index (κ2) is 3.18. The molecule has 2 N–H and O–H groups in total. The Kier molecular flexibility index (Phi) is 2.45. The quantitative estimate of drug-likeness (QED) is 0.487. The van der Waals surface area contributed by atoms with Crippen molar-refractivity contribution in [3.63, 3.8) is 0 Å². The van der Waals surface area contributed by atoms with Gasteiger partial charge in [0.2, 0.25) is 0 Å². The van der Waals surface area contributed by atoms with E-state index in [2.05, 4.69) is 26.5 Å². The van der Waals surface area contributed by atoms with E-state index in [-0.39, 0.29) is 0 Å². The molecular formula is C9H13NS. The summed E-state index contributed by atoms with van der Waals surface area (Å²) in [5.74, 6) is 0. The van der Waals surface area contributed by atoms with Gasteiger partial charge in [-0.15, -0.1) is 12.6 Å². The van der Waals surface area contributed by atoms with Crippen molar-refractivity contribution < 1.29 is 0 Å². The molecule has 1 nitrogen and oxygen atoms in total. The minimum absolute atomic E-state index is 0.878. The highest BCUT2D eigenvalue weighted by atomic mass is 32.1. The van der Waals surface area contributed by atoms with Crippen molar-refractivity contribution in [2.45, 2.75) is 25.2 Å². The summed E-state index contributed by atoms with van der Waals surface area (Å²) in [5, 5.41) is 0. The van der Waals surface area contributed by atoms with E-state index in [4.69, 9.17) is 5.73 Å². The average molecular weight is 167 g/mol. The number of hydrogen-bond acceptors (Lipinski definition) is 2. The molecule has 60 valence electrons. The van der Waals surface area contributed by atoms with Crippen LogP contribution in [0.15, 0.2) is 17.0 Å². The zero-order valence-electron chi connectivity index (χ0n) is 6.89. The van der Waals surface area contributed by atoms with Gasteiger partial charge in [0.05, 0.1) is 0 Å². The molecule has 0 unspecified atom stereocenters. The molecule has 0 saturated heterocycles. The lowest BCUT2D eigenvalue weighted by atomic mass is 10.0. The summed E-state index contributed by atoms with van der Waals surface area (Å²) in [6.07, 6.45) is 0.978. The van der Waals surface area contributed by atoms with Crippen LogP contribution < -0.4 is 5.73 Å². The monoisotopic (exact) mass is 167 g/mol. The number of hydrogen-bond donors (Lipinski definition) is 2. The Morgan fingerprint density at radius 3 is 2.55 bits per heavy atom. The van der Waals surface area contributed by atoms with E-state index in [1.807, 2.05) is 12.1 Å². The second-order valence-electron chi connectivity index (χ2n) is 2.63. The molecule has 1 rings (SSSR count). The molecule has 1 aromatic rings. The maximum Gasteiger partial charge on any atom is 0.0349 e. The highest BCUT2D eigenvalue weighted by Gasteiger charge is 2.02. The summed E-state index contributed by atoms with van der Waals surface area (Å²) in [4.78, 5) is 1.02. The fourth-order valence-electron chi connectivity index (χ4n) is 1.23. The Bertz CT molecular complexity index is 269. The maximum atomic E-state index is 5.77. The molecule has 0 saturated carbocycles. The van der Waals surface area contributed by atoms with Crippen molar-refractivity contribution in [3.05, 3.63) is 23.3 Å². The Morgan fingerprint density at radius 2 is 2.09 bits per heavy atom. The van der Waals surface area contributed by atoms with Crippen molar-refractivity contribution >= 4 is 18.3 Å². The van der Waals surface area contributed by atoms with Crippen LogP contribution in [0.4, 0.5) is 5.69 Å². The molecule has 2 heteroatoms. The summed E-state index contributed by atoms with van der Waals surface area (Å²) < 4.78 is 0. The van der Waals surface area contributed by atoms with Crippen LogP contribution in [0.1, 0.15) is 18.1 Å². The summed E-state index contributed by atoms with van der Waals surface area (Å²) in [6.45, 7) is 4.16. The fourth-order valence-corrected chi connectivity index (χ4v) is 1.44. The molecule has 0 heterocycles. The van der Waals surface area contributed by atoms with Crippen molar-refractivity contribution in [1.82, 2.24) is 0 Å². The maximum absolute atomic E-state index is 5.77. The molecule has 0 aliphatic carbocycles. The normalized spacial score (nSPS) is 10.1. The van der Waals surface area contributed by atoms with Gasteiger partial charge in [0.1, 0.15) is 0 Å². The van der Waals surface area contributed by atoms with Crippen LogP contribution in [0, 0.1) is 6.92 Å². The molecule has 0 fully saturated rings. The van der Waals surface area contributed by atoms with E-state index in [1.54, 1.807) is 0 Å². The van der Waals surface area contributed by atoms with Gasteiger partial charge >= 0.3 is 0 Å². The fraction of sp³-hybridized carbons (Fsp3) is 0.333. The first-order valence-corrected chi connectivity index (χ1v) is 4.18. The Balaban J connectivity index is 3.29. The molecule has 11 heavy (non-hydrogen) atoms. The van der Waals surface area contributed by atoms with E-state index in [1.165, 1.54) is 11.1 Å². The Labute approximate surface area is 73.0 Å². The second-order valence-corrected chi connectivity index (χ2v) is 3.11. The lowest BCUT2D eigenvalue weighted by Gasteiger charge is -2.08. The number of anilines is 1. The van der Waals surface area contributed by atoms with Gasteiger partial charge in [0.15, 0.2) is 0 Å². The molecule has 1 aromatic carbocycles. The molecule has 0 aliphatic heterocycles. The lowest BCUT2D eigenvalue weighted by Crippen LogP contribution is -1.96. The smallest absolute Gasteiger partial charge is 0.0349 e. The van der Waals surface area contributed by atoms with Crippen LogP contribution in [-0.2, 0) is 6.42 Å². The Hall–Kier alpha value is -0.630. The first kappa shape index (κ1) is 8.47. The molecule has 0 amide bonds. The van der Waals surface area contributed by atoms with Gasteiger partial charge in [-0.3, -0.25) is 0 Å². The molecule has 0 spiro atoms. The van der Waals surface area contributed by atoms with E-state index >= 15 is 0 Å². The van der Waals surface area contributed by atoms with Gasteiger partial charge in [-0.05, 0) is 36.6 Å². The van der Waals surface area contributed by atoms with Gasteiger partial charge in [-0.25, -0.2) is 0 Å². The number of rotatable bonds is 1. The third kappa shape index (κ3) is 1.51. The van der Waals surface area contributed by atoms with E-state index < -0.39 is 0 Å². The summed E-state index contributed by atoms with van der Waals surface area (Å²) >= 11 is 4.31. The first-order chi connectivity index (χ1) is 5.16. The van der Waals surface area contributed by atoms with Crippen LogP contribution >= 0.6 is 12.6 Å². The van der Waals surface area contributed by atoms with Crippen LogP contribution in [0.25, 0.3) is 0 Å². The van der Waals surface area contributed by atoms with Gasteiger partial charge in [-0.1, -0.05) is 6.92 Å². The summed E-state index contributed by atoms with van der Waals surface area (Å²) in [5.41, 5.74) is 9.07. The zero-order chi connectivity index (χ0) is 8.43. The van der Waals surface area contributed by atoms with E-state index in [0.29, 0.717) is 0 Å². The van der Waals surface area contributed by atoms with Crippen LogP contribution in [0.3, 0.4) is 0 Å². The van der Waals surface area contributed by atoms with Crippen molar-refractivity contribution in [2.75, 3.05) is 5.73 Å². The first-order valence-electron chi connectivity index (χ1n) is 3.73. The van der Waals surface area contributed by atoms with Crippen LogP contribution in [0.5, 0.6) is 0 Å². The lowest BCUT2D eigenvalue weighted by molar-refractivity contribution is 1.09. The molecule has 0 atom stereocenters. The zero-order valence-corrected chi connectivity index (χ0v) is 7.78. The van der Waals surface area contributed by atoms with Crippen molar-refractivity contribution in [1.29, 1.82) is 0 Å². The van der Waals surface area contributed by atoms with Gasteiger partial charge in [0.25, 0.3) is 0 Å². The number of nitrogens with two attached hydrogens (primary N) is 1. The third-order valence-corrected chi connectivity index (χ3v) is 2.44. The van der Waals surface area contributed by atoms with Gasteiger partial charge < -0.3 is 5.73 Å². The van der Waals surface area contributed by atoms with Gasteiger partial charge in [-0.2, -0.15) is 0 Å². The number of benzene rings is 1.